The van der Waals surface area contributed by atoms with E-state index in [1.807, 2.05) is 12.1 Å². The van der Waals surface area contributed by atoms with Crippen LogP contribution in [0.5, 0.6) is 23.0 Å². The molecule has 1 N–H and O–H groups in total. The lowest BCUT2D eigenvalue weighted by Gasteiger charge is -2.14. The van der Waals surface area contributed by atoms with Crippen molar-refractivity contribution in [2.24, 2.45) is 0 Å². The topological polar surface area (TPSA) is 49.0 Å². The maximum atomic E-state index is 5.75. The lowest BCUT2D eigenvalue weighted by Crippen LogP contribution is -2.16. The highest BCUT2D eigenvalue weighted by Gasteiger charge is 2.13. The monoisotopic (exact) mass is 297 g/mol. The Balaban J connectivity index is 2.48. The standard InChI is InChI=1S/C16H27NO4/c1-5-8-17-9-6-7-10-21-13-11-14(18-2)16(20-4)15(12-13)19-3/h11-12,17H,5-10H2,1-4H3. The molecule has 0 aliphatic carbocycles. The summed E-state index contributed by atoms with van der Waals surface area (Å²) in [5, 5.41) is 3.37. The van der Waals surface area contributed by atoms with Crippen molar-refractivity contribution in [2.75, 3.05) is 41.0 Å². The van der Waals surface area contributed by atoms with E-state index in [0.29, 0.717) is 23.9 Å². The van der Waals surface area contributed by atoms with Gasteiger partial charge in [-0.25, -0.2) is 0 Å². The Labute approximate surface area is 127 Å². The second-order valence-electron chi connectivity index (χ2n) is 4.67. The first-order valence-electron chi connectivity index (χ1n) is 7.40. The summed E-state index contributed by atoms with van der Waals surface area (Å²) in [5.41, 5.74) is 0. The van der Waals surface area contributed by atoms with Crippen molar-refractivity contribution in [1.29, 1.82) is 0 Å². The van der Waals surface area contributed by atoms with E-state index in [-0.39, 0.29) is 0 Å². The Kier molecular flexibility index (Phi) is 8.43. The van der Waals surface area contributed by atoms with Crippen LogP contribution in [0.1, 0.15) is 26.2 Å². The van der Waals surface area contributed by atoms with Crippen LogP contribution in [-0.4, -0.2) is 41.0 Å². The SMILES string of the molecule is CCCNCCCCOc1cc(OC)c(OC)c(OC)c1. The second-order valence-corrected chi connectivity index (χ2v) is 4.67. The molecule has 0 aliphatic rings. The zero-order chi connectivity index (χ0) is 15.5. The van der Waals surface area contributed by atoms with Crippen LogP contribution in [-0.2, 0) is 0 Å². The van der Waals surface area contributed by atoms with Gasteiger partial charge < -0.3 is 24.3 Å². The summed E-state index contributed by atoms with van der Waals surface area (Å²) in [5.74, 6) is 2.52. The van der Waals surface area contributed by atoms with Crippen LogP contribution in [0.3, 0.4) is 0 Å². The van der Waals surface area contributed by atoms with E-state index >= 15 is 0 Å². The fourth-order valence-corrected chi connectivity index (χ4v) is 1.98. The normalized spacial score (nSPS) is 10.3. The molecule has 0 radical (unpaired) electrons. The number of nitrogens with one attached hydrogen (secondary N) is 1. The van der Waals surface area contributed by atoms with Crippen LogP contribution in [0, 0.1) is 0 Å². The Morgan fingerprint density at radius 1 is 0.905 bits per heavy atom. The summed E-state index contributed by atoms with van der Waals surface area (Å²) in [4.78, 5) is 0. The van der Waals surface area contributed by atoms with Crippen molar-refractivity contribution in [1.82, 2.24) is 5.32 Å². The van der Waals surface area contributed by atoms with Gasteiger partial charge in [0.15, 0.2) is 11.5 Å². The number of methoxy groups -OCH3 is 3. The molecule has 0 unspecified atom stereocenters. The summed E-state index contributed by atoms with van der Waals surface area (Å²) in [6, 6.07) is 3.63. The average molecular weight is 297 g/mol. The molecule has 0 atom stereocenters. The molecule has 0 saturated heterocycles. The summed E-state index contributed by atoms with van der Waals surface area (Å²) in [7, 11) is 4.78. The molecule has 0 heterocycles. The Morgan fingerprint density at radius 3 is 2.10 bits per heavy atom. The van der Waals surface area contributed by atoms with Crippen LogP contribution >= 0.6 is 0 Å². The smallest absolute Gasteiger partial charge is 0.203 e. The minimum Gasteiger partial charge on any atom is -0.493 e. The molecule has 0 saturated carbocycles. The highest BCUT2D eigenvalue weighted by Crippen LogP contribution is 2.40. The van der Waals surface area contributed by atoms with Gasteiger partial charge in [-0.2, -0.15) is 0 Å². The molecular formula is C16H27NO4. The van der Waals surface area contributed by atoms with Gasteiger partial charge in [-0.15, -0.1) is 0 Å². The summed E-state index contributed by atoms with van der Waals surface area (Å²) >= 11 is 0. The first-order valence-corrected chi connectivity index (χ1v) is 7.40. The Bertz CT molecular complexity index is 384. The highest BCUT2D eigenvalue weighted by atomic mass is 16.5. The van der Waals surface area contributed by atoms with Gasteiger partial charge in [0.1, 0.15) is 5.75 Å². The van der Waals surface area contributed by atoms with Crippen molar-refractivity contribution in [2.45, 2.75) is 26.2 Å². The van der Waals surface area contributed by atoms with Crippen LogP contribution in [0.15, 0.2) is 12.1 Å². The van der Waals surface area contributed by atoms with Crippen molar-refractivity contribution < 1.29 is 18.9 Å². The number of benzene rings is 1. The fourth-order valence-electron chi connectivity index (χ4n) is 1.98. The highest BCUT2D eigenvalue weighted by molar-refractivity contribution is 5.55. The third-order valence-corrected chi connectivity index (χ3v) is 3.08. The van der Waals surface area contributed by atoms with Crippen LogP contribution in [0.25, 0.3) is 0 Å². The number of ether oxygens (including phenoxy) is 4. The third-order valence-electron chi connectivity index (χ3n) is 3.08. The van der Waals surface area contributed by atoms with E-state index in [9.17, 15) is 0 Å². The lowest BCUT2D eigenvalue weighted by molar-refractivity contribution is 0.292. The molecule has 0 spiro atoms. The van der Waals surface area contributed by atoms with E-state index < -0.39 is 0 Å². The van der Waals surface area contributed by atoms with Gasteiger partial charge in [0.2, 0.25) is 5.75 Å². The van der Waals surface area contributed by atoms with Gasteiger partial charge in [-0.3, -0.25) is 0 Å². The van der Waals surface area contributed by atoms with Gasteiger partial charge in [-0.1, -0.05) is 6.92 Å². The quantitative estimate of drug-likeness (QED) is 0.636. The predicted molar refractivity (Wildman–Crippen MR) is 84.0 cm³/mol. The molecule has 5 heteroatoms. The van der Waals surface area contributed by atoms with Crippen LogP contribution in [0.4, 0.5) is 0 Å². The lowest BCUT2D eigenvalue weighted by atomic mass is 10.2. The maximum Gasteiger partial charge on any atom is 0.203 e. The first-order chi connectivity index (χ1) is 10.3. The molecule has 0 aromatic heterocycles. The second kappa shape index (κ2) is 10.2. The van der Waals surface area contributed by atoms with Crippen molar-refractivity contribution in [3.05, 3.63) is 12.1 Å². The van der Waals surface area contributed by atoms with Gasteiger partial charge >= 0.3 is 0 Å². The molecule has 5 nitrogen and oxygen atoms in total. The summed E-state index contributed by atoms with van der Waals surface area (Å²) in [6.45, 7) is 4.95. The third kappa shape index (κ3) is 5.71. The van der Waals surface area contributed by atoms with E-state index in [2.05, 4.69) is 12.2 Å². The van der Waals surface area contributed by atoms with E-state index in [1.165, 1.54) is 6.42 Å². The summed E-state index contributed by atoms with van der Waals surface area (Å²) < 4.78 is 21.6. The zero-order valence-electron chi connectivity index (χ0n) is 13.5. The number of unbranched alkanes of at least 4 members (excludes halogenated alkanes) is 1. The van der Waals surface area contributed by atoms with Gasteiger partial charge in [0.05, 0.1) is 27.9 Å². The molecule has 0 bridgehead atoms. The molecule has 0 amide bonds. The molecule has 1 aromatic carbocycles. The van der Waals surface area contributed by atoms with Gasteiger partial charge in [0, 0.05) is 12.1 Å². The number of hydrogen-bond donors (Lipinski definition) is 1. The zero-order valence-corrected chi connectivity index (χ0v) is 13.5. The fraction of sp³-hybridized carbons (Fsp3) is 0.625. The molecule has 21 heavy (non-hydrogen) atoms. The average Bonchev–Trinajstić information content (AvgIpc) is 2.52. The molecular weight excluding hydrogens is 270 g/mol. The van der Waals surface area contributed by atoms with E-state index in [4.69, 9.17) is 18.9 Å². The van der Waals surface area contributed by atoms with E-state index in [1.54, 1.807) is 21.3 Å². The van der Waals surface area contributed by atoms with Gasteiger partial charge in [-0.05, 0) is 32.4 Å². The molecule has 1 rings (SSSR count). The predicted octanol–water partition coefficient (Wildman–Crippen LogP) is 2.87. The van der Waals surface area contributed by atoms with Gasteiger partial charge in [0.25, 0.3) is 0 Å². The molecule has 120 valence electrons. The molecule has 0 fully saturated rings. The number of rotatable bonds is 11. The largest absolute Gasteiger partial charge is 0.493 e. The van der Waals surface area contributed by atoms with Crippen LogP contribution in [0.2, 0.25) is 0 Å². The summed E-state index contributed by atoms with van der Waals surface area (Å²) in [6.07, 6.45) is 3.28. The molecule has 0 aliphatic heterocycles. The first kappa shape index (κ1) is 17.4. The minimum atomic E-state index is 0.580. The Hall–Kier alpha value is -1.62. The van der Waals surface area contributed by atoms with Crippen molar-refractivity contribution >= 4 is 0 Å². The minimum absolute atomic E-state index is 0.580. The molecule has 1 aromatic rings. The van der Waals surface area contributed by atoms with Crippen molar-refractivity contribution in [3.63, 3.8) is 0 Å². The van der Waals surface area contributed by atoms with E-state index in [0.717, 1.165) is 31.7 Å². The van der Waals surface area contributed by atoms with Crippen molar-refractivity contribution in [3.8, 4) is 23.0 Å². The van der Waals surface area contributed by atoms with Crippen LogP contribution < -0.4 is 24.3 Å². The maximum absolute atomic E-state index is 5.75. The Morgan fingerprint density at radius 2 is 1.57 bits per heavy atom. The number of hydrogen-bond acceptors (Lipinski definition) is 5.